The molecule has 2 heterocycles. The number of carbonyl (C=O) groups is 2. The number of nitrogens with zero attached hydrogens (tertiary/aromatic N) is 1. The minimum Gasteiger partial charge on any atom is -0.478 e. The van der Waals surface area contributed by atoms with Crippen LogP contribution in [0, 0.1) is 0 Å². The monoisotopic (exact) mass is 269 g/mol. The summed E-state index contributed by atoms with van der Waals surface area (Å²) in [4.78, 5) is 24.1. The van der Waals surface area contributed by atoms with Gasteiger partial charge in [0.25, 0.3) is 0 Å². The van der Waals surface area contributed by atoms with Crippen molar-refractivity contribution in [1.82, 2.24) is 4.90 Å². The number of esters is 1. The Kier molecular flexibility index (Phi) is 4.55. The van der Waals surface area contributed by atoms with Gasteiger partial charge in [0.2, 0.25) is 0 Å². The summed E-state index contributed by atoms with van der Waals surface area (Å²) in [6, 6.07) is 0. The number of likely N-dealkylation sites (tertiary alicyclic amines) is 1. The molecule has 6 heteroatoms. The van der Waals surface area contributed by atoms with Crippen LogP contribution in [0.2, 0.25) is 0 Å². The fraction of sp³-hybridized carbons (Fsp3) is 0.692. The standard InChI is InChI=1S/C13H19NO5/c1-9(6-12(15)16)13(17)18-5-4-14-7-10-2-3-11(8-14)19-10/h6,10-11H,2-5,7-8H2,1H3,(H,15,16)/b9-6+. The van der Waals surface area contributed by atoms with Gasteiger partial charge >= 0.3 is 11.9 Å². The zero-order chi connectivity index (χ0) is 13.8. The fourth-order valence-corrected chi connectivity index (χ4v) is 2.51. The Hall–Kier alpha value is -1.40. The summed E-state index contributed by atoms with van der Waals surface area (Å²) in [5, 5.41) is 8.52. The van der Waals surface area contributed by atoms with Crippen molar-refractivity contribution in [1.29, 1.82) is 0 Å². The summed E-state index contributed by atoms with van der Waals surface area (Å²) in [6.45, 7) is 4.16. The van der Waals surface area contributed by atoms with Crippen LogP contribution in [0.15, 0.2) is 11.6 Å². The van der Waals surface area contributed by atoms with Crippen LogP contribution >= 0.6 is 0 Å². The number of ether oxygens (including phenoxy) is 2. The maximum Gasteiger partial charge on any atom is 0.334 e. The molecule has 0 radical (unpaired) electrons. The minimum absolute atomic E-state index is 0.106. The highest BCUT2D eigenvalue weighted by Crippen LogP contribution is 2.25. The van der Waals surface area contributed by atoms with Gasteiger partial charge in [0, 0.05) is 31.3 Å². The van der Waals surface area contributed by atoms with Crippen LogP contribution in [0.25, 0.3) is 0 Å². The molecule has 0 spiro atoms. The zero-order valence-corrected chi connectivity index (χ0v) is 11.0. The number of carbonyl (C=O) groups excluding carboxylic acids is 1. The van der Waals surface area contributed by atoms with Gasteiger partial charge in [0.1, 0.15) is 6.61 Å². The average molecular weight is 269 g/mol. The lowest BCUT2D eigenvalue weighted by atomic mass is 10.2. The number of carboxylic acids is 1. The lowest BCUT2D eigenvalue weighted by molar-refractivity contribution is -0.140. The van der Waals surface area contributed by atoms with Crippen molar-refractivity contribution in [2.24, 2.45) is 0 Å². The molecule has 2 unspecified atom stereocenters. The zero-order valence-electron chi connectivity index (χ0n) is 11.0. The molecule has 0 saturated carbocycles. The highest BCUT2D eigenvalue weighted by atomic mass is 16.5. The third-order valence-electron chi connectivity index (χ3n) is 3.42. The molecule has 2 rings (SSSR count). The second kappa shape index (κ2) is 6.16. The first-order valence-electron chi connectivity index (χ1n) is 6.51. The third-order valence-corrected chi connectivity index (χ3v) is 3.42. The maximum absolute atomic E-state index is 11.5. The van der Waals surface area contributed by atoms with Gasteiger partial charge in [-0.05, 0) is 19.8 Å². The lowest BCUT2D eigenvalue weighted by Gasteiger charge is -2.31. The number of morpholine rings is 1. The first-order valence-corrected chi connectivity index (χ1v) is 6.51. The van der Waals surface area contributed by atoms with Crippen LogP contribution in [0.4, 0.5) is 0 Å². The van der Waals surface area contributed by atoms with Gasteiger partial charge < -0.3 is 14.6 Å². The van der Waals surface area contributed by atoms with Crippen molar-refractivity contribution in [3.8, 4) is 0 Å². The number of hydrogen-bond acceptors (Lipinski definition) is 5. The second-order valence-electron chi connectivity index (χ2n) is 5.02. The Morgan fingerprint density at radius 3 is 2.58 bits per heavy atom. The Morgan fingerprint density at radius 1 is 1.37 bits per heavy atom. The highest BCUT2D eigenvalue weighted by molar-refractivity contribution is 5.95. The molecule has 2 bridgehead atoms. The molecule has 2 fully saturated rings. The number of hydrogen-bond donors (Lipinski definition) is 1. The van der Waals surface area contributed by atoms with E-state index in [-0.39, 0.29) is 12.2 Å². The minimum atomic E-state index is -1.14. The van der Waals surface area contributed by atoms with E-state index in [0.29, 0.717) is 18.8 Å². The van der Waals surface area contributed by atoms with Crippen molar-refractivity contribution in [3.63, 3.8) is 0 Å². The summed E-state index contributed by atoms with van der Waals surface area (Å²) >= 11 is 0. The van der Waals surface area contributed by atoms with E-state index in [2.05, 4.69) is 4.90 Å². The van der Waals surface area contributed by atoms with Gasteiger partial charge in [0.05, 0.1) is 12.2 Å². The van der Waals surface area contributed by atoms with E-state index in [1.165, 1.54) is 6.92 Å². The molecule has 0 aromatic rings. The van der Waals surface area contributed by atoms with E-state index < -0.39 is 11.9 Å². The van der Waals surface area contributed by atoms with Crippen molar-refractivity contribution < 1.29 is 24.2 Å². The second-order valence-corrected chi connectivity index (χ2v) is 5.02. The summed E-state index contributed by atoms with van der Waals surface area (Å²) in [5.41, 5.74) is 0.106. The summed E-state index contributed by atoms with van der Waals surface area (Å²) < 4.78 is 10.8. The van der Waals surface area contributed by atoms with Crippen LogP contribution in [0.3, 0.4) is 0 Å². The molecule has 0 aliphatic carbocycles. The van der Waals surface area contributed by atoms with E-state index in [1.54, 1.807) is 0 Å². The Balaban J connectivity index is 1.69. The topological polar surface area (TPSA) is 76.1 Å². The number of carboxylic acid groups (broad SMARTS) is 1. The molecule has 6 nitrogen and oxygen atoms in total. The van der Waals surface area contributed by atoms with Crippen molar-refractivity contribution >= 4 is 11.9 Å². The van der Waals surface area contributed by atoms with Crippen molar-refractivity contribution in [2.45, 2.75) is 32.0 Å². The largest absolute Gasteiger partial charge is 0.478 e. The third kappa shape index (κ3) is 4.04. The molecule has 2 aliphatic heterocycles. The van der Waals surface area contributed by atoms with E-state index in [9.17, 15) is 9.59 Å². The highest BCUT2D eigenvalue weighted by Gasteiger charge is 2.33. The van der Waals surface area contributed by atoms with Gasteiger partial charge in [0.15, 0.2) is 0 Å². The first-order chi connectivity index (χ1) is 9.04. The molecule has 19 heavy (non-hydrogen) atoms. The molecule has 2 saturated heterocycles. The molecule has 2 atom stereocenters. The summed E-state index contributed by atoms with van der Waals surface area (Å²) in [6.07, 6.45) is 3.73. The SMILES string of the molecule is C/C(=C\C(=O)O)C(=O)OCCN1CC2CCC(C1)O2. The molecule has 106 valence electrons. The average Bonchev–Trinajstić information content (AvgIpc) is 2.67. The molecule has 0 aromatic heterocycles. The fourth-order valence-electron chi connectivity index (χ4n) is 2.51. The molecule has 0 amide bonds. The van der Waals surface area contributed by atoms with E-state index >= 15 is 0 Å². The van der Waals surface area contributed by atoms with Crippen LogP contribution < -0.4 is 0 Å². The molecule has 0 aromatic carbocycles. The Labute approximate surface area is 112 Å². The number of fused-ring (bicyclic) bond motifs is 2. The number of aliphatic carboxylic acids is 1. The van der Waals surface area contributed by atoms with E-state index in [0.717, 1.165) is 32.0 Å². The summed E-state index contributed by atoms with van der Waals surface area (Å²) in [7, 11) is 0. The predicted molar refractivity (Wildman–Crippen MR) is 66.7 cm³/mol. The summed E-state index contributed by atoms with van der Waals surface area (Å²) in [5.74, 6) is -1.71. The van der Waals surface area contributed by atoms with E-state index in [1.807, 2.05) is 0 Å². The van der Waals surface area contributed by atoms with Crippen LogP contribution in [0.1, 0.15) is 19.8 Å². The predicted octanol–water partition coefficient (Wildman–Crippen LogP) is 0.424. The van der Waals surface area contributed by atoms with Crippen LogP contribution in [-0.4, -0.2) is 60.4 Å². The Bertz CT molecular complexity index is 380. The van der Waals surface area contributed by atoms with Crippen LogP contribution in [0.5, 0.6) is 0 Å². The molecular formula is C13H19NO5. The molecular weight excluding hydrogens is 250 g/mol. The van der Waals surface area contributed by atoms with Crippen molar-refractivity contribution in [3.05, 3.63) is 11.6 Å². The van der Waals surface area contributed by atoms with E-state index in [4.69, 9.17) is 14.6 Å². The van der Waals surface area contributed by atoms with Crippen molar-refractivity contribution in [2.75, 3.05) is 26.2 Å². The van der Waals surface area contributed by atoms with Gasteiger partial charge in [-0.3, -0.25) is 4.90 Å². The Morgan fingerprint density at radius 2 is 2.00 bits per heavy atom. The van der Waals surface area contributed by atoms with Gasteiger partial charge in [-0.1, -0.05) is 0 Å². The van der Waals surface area contributed by atoms with Gasteiger partial charge in [-0.2, -0.15) is 0 Å². The van der Waals surface area contributed by atoms with Gasteiger partial charge in [-0.15, -0.1) is 0 Å². The quantitative estimate of drug-likeness (QED) is 0.576. The first kappa shape index (κ1) is 14.0. The van der Waals surface area contributed by atoms with Gasteiger partial charge in [-0.25, -0.2) is 9.59 Å². The smallest absolute Gasteiger partial charge is 0.334 e. The molecule has 1 N–H and O–H groups in total. The lowest BCUT2D eigenvalue weighted by Crippen LogP contribution is -2.44. The van der Waals surface area contributed by atoms with Crippen LogP contribution in [-0.2, 0) is 19.1 Å². The molecule has 2 aliphatic rings. The normalized spacial score (nSPS) is 27.3. The number of rotatable bonds is 5. The maximum atomic E-state index is 11.5.